The average Bonchev–Trinajstić information content (AvgIpc) is 2.28. The molecule has 0 aliphatic carbocycles. The summed E-state index contributed by atoms with van der Waals surface area (Å²) < 4.78 is 0. The van der Waals surface area contributed by atoms with Gasteiger partial charge in [-0.2, -0.15) is 0 Å². The fraction of sp³-hybridized carbons (Fsp3) is 0.833. The third-order valence-corrected chi connectivity index (χ3v) is 2.93. The average molecular weight is 241 g/mol. The maximum Gasteiger partial charge on any atom is 0.311 e. The van der Waals surface area contributed by atoms with Gasteiger partial charge in [0.1, 0.15) is 0 Å². The molecule has 5 heteroatoms. The predicted molar refractivity (Wildman–Crippen MR) is 66.6 cm³/mol. The van der Waals surface area contributed by atoms with Crippen LogP contribution in [0.25, 0.3) is 0 Å². The number of nitrogens with zero attached hydrogens (tertiary/aromatic N) is 1. The van der Waals surface area contributed by atoms with E-state index in [4.69, 9.17) is 0 Å². The van der Waals surface area contributed by atoms with Crippen LogP contribution in [0, 0.1) is 0 Å². The highest BCUT2D eigenvalue weighted by atomic mass is 16.2. The third kappa shape index (κ3) is 4.34. The van der Waals surface area contributed by atoms with Gasteiger partial charge < -0.3 is 15.5 Å². The normalized spacial score (nSPS) is 16.8. The molecule has 98 valence electrons. The molecule has 1 aliphatic heterocycles. The second-order valence-electron chi connectivity index (χ2n) is 5.13. The number of hydrogen-bond donors (Lipinski definition) is 2. The minimum absolute atomic E-state index is 0.310. The van der Waals surface area contributed by atoms with Crippen LogP contribution in [-0.4, -0.2) is 48.4 Å². The van der Waals surface area contributed by atoms with Crippen molar-refractivity contribution in [3.8, 4) is 0 Å². The largest absolute Gasteiger partial charge is 0.343 e. The smallest absolute Gasteiger partial charge is 0.311 e. The number of carbonyl (C=O) groups excluding carboxylic acids is 2. The summed E-state index contributed by atoms with van der Waals surface area (Å²) in [6.45, 7) is 8.70. The van der Waals surface area contributed by atoms with E-state index >= 15 is 0 Å². The Hall–Kier alpha value is -1.10. The van der Waals surface area contributed by atoms with Crippen LogP contribution in [0.3, 0.4) is 0 Å². The molecule has 0 saturated carbocycles. The lowest BCUT2D eigenvalue weighted by molar-refractivity contribution is -0.147. The van der Waals surface area contributed by atoms with Gasteiger partial charge >= 0.3 is 11.8 Å². The van der Waals surface area contributed by atoms with Gasteiger partial charge in [0.2, 0.25) is 0 Å². The van der Waals surface area contributed by atoms with Crippen molar-refractivity contribution in [3.63, 3.8) is 0 Å². The molecule has 0 radical (unpaired) electrons. The number of hydrogen-bond acceptors (Lipinski definition) is 3. The zero-order valence-corrected chi connectivity index (χ0v) is 11.0. The maximum absolute atomic E-state index is 11.9. The van der Waals surface area contributed by atoms with E-state index in [2.05, 4.69) is 17.6 Å². The lowest BCUT2D eigenvalue weighted by Crippen LogP contribution is -2.54. The van der Waals surface area contributed by atoms with Gasteiger partial charge in [0, 0.05) is 31.7 Å². The number of nitrogens with one attached hydrogen (secondary N) is 2. The van der Waals surface area contributed by atoms with Crippen molar-refractivity contribution >= 4 is 11.8 Å². The van der Waals surface area contributed by atoms with E-state index in [1.54, 1.807) is 4.90 Å². The Morgan fingerprint density at radius 1 is 1.29 bits per heavy atom. The molecule has 2 N–H and O–H groups in total. The Morgan fingerprint density at radius 3 is 2.41 bits per heavy atom. The molecule has 1 fully saturated rings. The summed E-state index contributed by atoms with van der Waals surface area (Å²) in [7, 11) is 0. The summed E-state index contributed by atoms with van der Waals surface area (Å²) >= 11 is 0. The second-order valence-corrected chi connectivity index (χ2v) is 5.13. The first kappa shape index (κ1) is 14.0. The molecule has 1 heterocycles. The van der Waals surface area contributed by atoms with Gasteiger partial charge in [-0.3, -0.25) is 9.59 Å². The van der Waals surface area contributed by atoms with Gasteiger partial charge in [0.15, 0.2) is 0 Å². The van der Waals surface area contributed by atoms with Crippen LogP contribution < -0.4 is 10.6 Å². The molecule has 0 spiro atoms. The van der Waals surface area contributed by atoms with Gasteiger partial charge in [0.25, 0.3) is 0 Å². The Kier molecular flexibility index (Phi) is 4.93. The number of piperazine rings is 1. The Labute approximate surface area is 103 Å². The third-order valence-electron chi connectivity index (χ3n) is 2.93. The molecular weight excluding hydrogens is 218 g/mol. The molecule has 1 aliphatic rings. The van der Waals surface area contributed by atoms with Gasteiger partial charge in [-0.25, -0.2) is 0 Å². The topological polar surface area (TPSA) is 61.4 Å². The van der Waals surface area contributed by atoms with Crippen molar-refractivity contribution in [2.45, 2.75) is 39.2 Å². The van der Waals surface area contributed by atoms with E-state index in [1.807, 2.05) is 13.8 Å². The number of rotatable bonds is 3. The summed E-state index contributed by atoms with van der Waals surface area (Å²) in [5.41, 5.74) is -0.310. The molecule has 0 unspecified atom stereocenters. The highest BCUT2D eigenvalue weighted by Gasteiger charge is 2.27. The minimum Gasteiger partial charge on any atom is -0.343 e. The molecule has 17 heavy (non-hydrogen) atoms. The van der Waals surface area contributed by atoms with E-state index in [0.29, 0.717) is 13.1 Å². The molecule has 2 amide bonds. The predicted octanol–water partition coefficient (Wildman–Crippen LogP) is 0.113. The van der Waals surface area contributed by atoms with Crippen molar-refractivity contribution in [3.05, 3.63) is 0 Å². The zero-order chi connectivity index (χ0) is 12.9. The van der Waals surface area contributed by atoms with Crippen LogP contribution in [-0.2, 0) is 9.59 Å². The van der Waals surface area contributed by atoms with Crippen LogP contribution in [0.4, 0.5) is 0 Å². The van der Waals surface area contributed by atoms with E-state index < -0.39 is 11.8 Å². The van der Waals surface area contributed by atoms with Gasteiger partial charge in [-0.05, 0) is 20.3 Å². The fourth-order valence-corrected chi connectivity index (χ4v) is 2.06. The van der Waals surface area contributed by atoms with Crippen molar-refractivity contribution in [1.29, 1.82) is 0 Å². The first-order valence-electron chi connectivity index (χ1n) is 6.28. The van der Waals surface area contributed by atoms with Gasteiger partial charge in [-0.15, -0.1) is 0 Å². The molecule has 5 nitrogen and oxygen atoms in total. The molecule has 1 saturated heterocycles. The van der Waals surface area contributed by atoms with Crippen molar-refractivity contribution in [2.24, 2.45) is 0 Å². The van der Waals surface area contributed by atoms with Crippen LogP contribution in [0.1, 0.15) is 33.6 Å². The van der Waals surface area contributed by atoms with E-state index in [-0.39, 0.29) is 5.54 Å². The van der Waals surface area contributed by atoms with E-state index in [0.717, 1.165) is 25.9 Å². The maximum atomic E-state index is 11.9. The molecule has 0 aromatic heterocycles. The highest BCUT2D eigenvalue weighted by Crippen LogP contribution is 2.10. The summed E-state index contributed by atoms with van der Waals surface area (Å²) in [4.78, 5) is 25.3. The summed E-state index contributed by atoms with van der Waals surface area (Å²) in [6, 6.07) is 0. The van der Waals surface area contributed by atoms with Crippen LogP contribution in [0.2, 0.25) is 0 Å². The molecular formula is C12H23N3O2. The molecule has 0 aromatic carbocycles. The SMILES string of the molecule is CCCC(C)(C)NC(=O)C(=O)N1CCNCC1. The Bertz CT molecular complexity index is 283. The molecule has 0 aromatic rings. The summed E-state index contributed by atoms with van der Waals surface area (Å²) in [5.74, 6) is -0.888. The molecule has 1 rings (SSSR count). The molecule has 0 atom stereocenters. The zero-order valence-electron chi connectivity index (χ0n) is 11.0. The van der Waals surface area contributed by atoms with Gasteiger partial charge in [0.05, 0.1) is 0 Å². The lowest BCUT2D eigenvalue weighted by atomic mass is 9.99. The summed E-state index contributed by atoms with van der Waals surface area (Å²) in [6.07, 6.45) is 1.85. The van der Waals surface area contributed by atoms with Crippen molar-refractivity contribution in [2.75, 3.05) is 26.2 Å². The first-order chi connectivity index (χ1) is 7.96. The monoisotopic (exact) mass is 241 g/mol. The standard InChI is InChI=1S/C12H23N3O2/c1-4-5-12(2,3)14-10(16)11(17)15-8-6-13-7-9-15/h13H,4-9H2,1-3H3,(H,14,16). The number of amides is 2. The fourth-order valence-electron chi connectivity index (χ4n) is 2.06. The van der Waals surface area contributed by atoms with Crippen LogP contribution in [0.5, 0.6) is 0 Å². The van der Waals surface area contributed by atoms with E-state index in [9.17, 15) is 9.59 Å². The van der Waals surface area contributed by atoms with Crippen molar-refractivity contribution in [1.82, 2.24) is 15.5 Å². The Morgan fingerprint density at radius 2 is 1.88 bits per heavy atom. The summed E-state index contributed by atoms with van der Waals surface area (Å²) in [5, 5.41) is 5.96. The number of carbonyl (C=O) groups is 2. The van der Waals surface area contributed by atoms with Gasteiger partial charge in [-0.1, -0.05) is 13.3 Å². The Balaban J connectivity index is 2.48. The van der Waals surface area contributed by atoms with E-state index in [1.165, 1.54) is 0 Å². The first-order valence-corrected chi connectivity index (χ1v) is 6.28. The lowest BCUT2D eigenvalue weighted by Gasteiger charge is -2.30. The quantitative estimate of drug-likeness (QED) is 0.690. The minimum atomic E-state index is -0.481. The van der Waals surface area contributed by atoms with Crippen molar-refractivity contribution < 1.29 is 9.59 Å². The highest BCUT2D eigenvalue weighted by molar-refractivity contribution is 6.35. The van der Waals surface area contributed by atoms with Crippen LogP contribution >= 0.6 is 0 Å². The van der Waals surface area contributed by atoms with Crippen LogP contribution in [0.15, 0.2) is 0 Å². The molecule has 0 bridgehead atoms. The second kappa shape index (κ2) is 6.00.